The summed E-state index contributed by atoms with van der Waals surface area (Å²) >= 11 is 0. The van der Waals surface area contributed by atoms with Crippen molar-refractivity contribution in [2.45, 2.75) is 19.2 Å². The van der Waals surface area contributed by atoms with Crippen molar-refractivity contribution in [1.82, 2.24) is 15.5 Å². The molecule has 0 saturated carbocycles. The number of fused-ring (bicyclic) bond motifs is 1. The Bertz CT molecular complexity index is 858. The zero-order valence-electron chi connectivity index (χ0n) is 17.9. The summed E-state index contributed by atoms with van der Waals surface area (Å²) in [6.45, 7) is 6.45. The van der Waals surface area contributed by atoms with Crippen LogP contribution in [-0.4, -0.2) is 63.5 Å². The van der Waals surface area contributed by atoms with Crippen molar-refractivity contribution in [1.29, 1.82) is 0 Å². The molecule has 2 N–H and O–H groups in total. The largest absolute Gasteiger partial charge is 0.486 e. The van der Waals surface area contributed by atoms with E-state index in [0.717, 1.165) is 50.3 Å². The van der Waals surface area contributed by atoms with Crippen molar-refractivity contribution in [2.24, 2.45) is 4.99 Å². The van der Waals surface area contributed by atoms with Gasteiger partial charge < -0.3 is 24.8 Å². The summed E-state index contributed by atoms with van der Waals surface area (Å²) in [5.74, 6) is 2.33. The summed E-state index contributed by atoms with van der Waals surface area (Å²) in [6.07, 6.45) is -0.0599. The van der Waals surface area contributed by atoms with Crippen LogP contribution in [0.2, 0.25) is 0 Å². The van der Waals surface area contributed by atoms with Crippen LogP contribution < -0.4 is 20.1 Å². The van der Waals surface area contributed by atoms with Crippen LogP contribution in [0.1, 0.15) is 11.1 Å². The molecular formula is C23H31IN4O3. The van der Waals surface area contributed by atoms with Crippen molar-refractivity contribution in [3.05, 3.63) is 59.7 Å². The SMILES string of the molecule is CN=C(NCc1cccc(CN2CCOCC2)c1)NCC1COc2ccccc2O1.I. The van der Waals surface area contributed by atoms with E-state index in [1.165, 1.54) is 11.1 Å². The number of hydrogen-bond acceptors (Lipinski definition) is 5. The van der Waals surface area contributed by atoms with E-state index in [1.54, 1.807) is 7.05 Å². The van der Waals surface area contributed by atoms with Gasteiger partial charge in [-0.2, -0.15) is 0 Å². The molecule has 0 spiro atoms. The number of nitrogens with one attached hydrogen (secondary N) is 2. The topological polar surface area (TPSA) is 67.4 Å². The van der Waals surface area contributed by atoms with E-state index in [1.807, 2.05) is 24.3 Å². The Hall–Kier alpha value is -2.04. The van der Waals surface area contributed by atoms with Crippen molar-refractivity contribution in [3.63, 3.8) is 0 Å². The lowest BCUT2D eigenvalue weighted by molar-refractivity contribution is 0.0342. The molecule has 4 rings (SSSR count). The van der Waals surface area contributed by atoms with Gasteiger partial charge in [0.2, 0.25) is 0 Å². The summed E-state index contributed by atoms with van der Waals surface area (Å²) in [5, 5.41) is 6.72. The van der Waals surface area contributed by atoms with Gasteiger partial charge in [-0.05, 0) is 23.3 Å². The Morgan fingerprint density at radius 2 is 1.81 bits per heavy atom. The molecule has 7 nitrogen and oxygen atoms in total. The number of aliphatic imine (C=N–C) groups is 1. The van der Waals surface area contributed by atoms with Crippen molar-refractivity contribution in [2.75, 3.05) is 46.5 Å². The third-order valence-corrected chi connectivity index (χ3v) is 5.25. The van der Waals surface area contributed by atoms with Crippen LogP contribution in [0.25, 0.3) is 0 Å². The molecule has 2 aromatic rings. The standard InChI is InChI=1S/C23H30N4O3.HI/c1-24-23(26-15-20-17-29-21-7-2-3-8-22(21)30-20)25-14-18-5-4-6-19(13-18)16-27-9-11-28-12-10-27;/h2-8,13,20H,9-12,14-17H2,1H3,(H2,24,25,26);1H. The Labute approximate surface area is 201 Å². The molecule has 2 aliphatic heterocycles. The van der Waals surface area contributed by atoms with E-state index >= 15 is 0 Å². The normalized spacial score (nSPS) is 18.7. The number of halogens is 1. The maximum Gasteiger partial charge on any atom is 0.191 e. The molecule has 168 valence electrons. The van der Waals surface area contributed by atoms with Crippen molar-refractivity contribution >= 4 is 29.9 Å². The van der Waals surface area contributed by atoms with Gasteiger partial charge in [-0.1, -0.05) is 36.4 Å². The van der Waals surface area contributed by atoms with Gasteiger partial charge in [0.25, 0.3) is 0 Å². The molecule has 0 aliphatic carbocycles. The highest BCUT2D eigenvalue weighted by Crippen LogP contribution is 2.30. The summed E-state index contributed by atoms with van der Waals surface area (Å²) < 4.78 is 17.2. The van der Waals surface area contributed by atoms with Gasteiger partial charge >= 0.3 is 0 Å². The van der Waals surface area contributed by atoms with Gasteiger partial charge in [-0.15, -0.1) is 24.0 Å². The second-order valence-electron chi connectivity index (χ2n) is 7.51. The van der Waals surface area contributed by atoms with E-state index in [2.05, 4.69) is 44.8 Å². The number of guanidine groups is 1. The Balaban J connectivity index is 0.00000272. The first-order valence-corrected chi connectivity index (χ1v) is 10.5. The highest BCUT2D eigenvalue weighted by molar-refractivity contribution is 14.0. The molecule has 0 amide bonds. The van der Waals surface area contributed by atoms with Crippen molar-refractivity contribution < 1.29 is 14.2 Å². The predicted octanol–water partition coefficient (Wildman–Crippen LogP) is 2.64. The van der Waals surface area contributed by atoms with Crippen LogP contribution in [0.3, 0.4) is 0 Å². The Morgan fingerprint density at radius 1 is 1.03 bits per heavy atom. The van der Waals surface area contributed by atoms with Gasteiger partial charge in [-0.3, -0.25) is 9.89 Å². The summed E-state index contributed by atoms with van der Waals surface area (Å²) in [6, 6.07) is 16.4. The first kappa shape index (κ1) is 23.6. The number of ether oxygens (including phenoxy) is 3. The lowest BCUT2D eigenvalue weighted by atomic mass is 10.1. The predicted molar refractivity (Wildman–Crippen MR) is 133 cm³/mol. The fourth-order valence-electron chi connectivity index (χ4n) is 3.64. The molecule has 1 atom stereocenters. The minimum absolute atomic E-state index is 0. The average molecular weight is 538 g/mol. The second kappa shape index (κ2) is 12.1. The molecule has 1 fully saturated rings. The lowest BCUT2D eigenvalue weighted by Crippen LogP contribution is -2.45. The number of rotatable bonds is 6. The average Bonchev–Trinajstić information content (AvgIpc) is 2.80. The third kappa shape index (κ3) is 6.98. The van der Waals surface area contributed by atoms with E-state index in [0.29, 0.717) is 19.7 Å². The highest BCUT2D eigenvalue weighted by atomic mass is 127. The maximum absolute atomic E-state index is 5.99. The van der Waals surface area contributed by atoms with Crippen LogP contribution in [0.5, 0.6) is 11.5 Å². The zero-order chi connectivity index (χ0) is 20.6. The van der Waals surface area contributed by atoms with Crippen LogP contribution >= 0.6 is 24.0 Å². The van der Waals surface area contributed by atoms with Crippen LogP contribution in [0.4, 0.5) is 0 Å². The van der Waals surface area contributed by atoms with Gasteiger partial charge in [0.05, 0.1) is 19.8 Å². The highest BCUT2D eigenvalue weighted by Gasteiger charge is 2.20. The van der Waals surface area contributed by atoms with Gasteiger partial charge in [0, 0.05) is 33.2 Å². The number of para-hydroxylation sites is 2. The lowest BCUT2D eigenvalue weighted by Gasteiger charge is -2.27. The summed E-state index contributed by atoms with van der Waals surface area (Å²) in [4.78, 5) is 6.76. The second-order valence-corrected chi connectivity index (χ2v) is 7.51. The van der Waals surface area contributed by atoms with E-state index in [-0.39, 0.29) is 30.1 Å². The van der Waals surface area contributed by atoms with Gasteiger partial charge in [0.15, 0.2) is 17.5 Å². The molecule has 31 heavy (non-hydrogen) atoms. The first-order valence-electron chi connectivity index (χ1n) is 10.5. The van der Waals surface area contributed by atoms with E-state index in [4.69, 9.17) is 14.2 Å². The fraction of sp³-hybridized carbons (Fsp3) is 0.435. The smallest absolute Gasteiger partial charge is 0.191 e. The van der Waals surface area contributed by atoms with Crippen LogP contribution in [0, 0.1) is 0 Å². The fourth-order valence-corrected chi connectivity index (χ4v) is 3.64. The molecule has 1 unspecified atom stereocenters. The minimum atomic E-state index is -0.0599. The quantitative estimate of drug-likeness (QED) is 0.335. The Kier molecular flexibility index (Phi) is 9.23. The third-order valence-electron chi connectivity index (χ3n) is 5.25. The number of nitrogens with zero attached hydrogens (tertiary/aromatic N) is 2. The van der Waals surface area contributed by atoms with Gasteiger partial charge in [-0.25, -0.2) is 0 Å². The zero-order valence-corrected chi connectivity index (χ0v) is 20.2. The molecule has 0 bridgehead atoms. The number of benzene rings is 2. The molecule has 2 aliphatic rings. The number of morpholine rings is 1. The van der Waals surface area contributed by atoms with Crippen LogP contribution in [0.15, 0.2) is 53.5 Å². The minimum Gasteiger partial charge on any atom is -0.486 e. The van der Waals surface area contributed by atoms with Crippen molar-refractivity contribution in [3.8, 4) is 11.5 Å². The monoisotopic (exact) mass is 538 g/mol. The molecule has 0 radical (unpaired) electrons. The van der Waals surface area contributed by atoms with Gasteiger partial charge in [0.1, 0.15) is 12.7 Å². The van der Waals surface area contributed by atoms with E-state index < -0.39 is 0 Å². The first-order chi connectivity index (χ1) is 14.8. The summed E-state index contributed by atoms with van der Waals surface area (Å²) in [7, 11) is 1.78. The molecule has 8 heteroatoms. The van der Waals surface area contributed by atoms with Crippen LogP contribution in [-0.2, 0) is 17.8 Å². The van der Waals surface area contributed by atoms with E-state index in [9.17, 15) is 0 Å². The number of hydrogen-bond donors (Lipinski definition) is 2. The molecule has 0 aromatic heterocycles. The molecular weight excluding hydrogens is 507 g/mol. The Morgan fingerprint density at radius 3 is 2.61 bits per heavy atom. The summed E-state index contributed by atoms with van der Waals surface area (Å²) in [5.41, 5.74) is 2.56. The molecule has 2 heterocycles. The molecule has 2 aromatic carbocycles. The maximum atomic E-state index is 5.99. The molecule has 1 saturated heterocycles.